The maximum Gasteiger partial charge on any atom is 0.387 e. The number of pyridine rings is 1. The van der Waals surface area contributed by atoms with Gasteiger partial charge in [0.05, 0.1) is 5.56 Å². The molecule has 30 heavy (non-hydrogen) atoms. The summed E-state index contributed by atoms with van der Waals surface area (Å²) in [6.45, 7) is -0.239. The quantitative estimate of drug-likeness (QED) is 0.618. The first-order valence-corrected chi connectivity index (χ1v) is 9.68. The summed E-state index contributed by atoms with van der Waals surface area (Å²) in [6, 6.07) is 17.8. The number of ether oxygens (including phenoxy) is 1. The van der Waals surface area contributed by atoms with Crippen molar-refractivity contribution in [2.45, 2.75) is 26.0 Å². The Morgan fingerprint density at radius 2 is 1.87 bits per heavy atom. The van der Waals surface area contributed by atoms with Crippen LogP contribution in [0.4, 0.5) is 20.3 Å². The minimum absolute atomic E-state index is 0.0679. The maximum atomic E-state index is 12.9. The maximum absolute atomic E-state index is 12.9. The highest BCUT2D eigenvalue weighted by Crippen LogP contribution is 2.29. The summed E-state index contributed by atoms with van der Waals surface area (Å²) in [6.07, 6.45) is 2.42. The lowest BCUT2D eigenvalue weighted by Gasteiger charge is -2.18. The molecular formula is C23H21F2N3O2. The van der Waals surface area contributed by atoms with E-state index in [-0.39, 0.29) is 17.7 Å². The van der Waals surface area contributed by atoms with E-state index in [2.05, 4.69) is 15.0 Å². The van der Waals surface area contributed by atoms with E-state index in [0.29, 0.717) is 17.9 Å². The van der Waals surface area contributed by atoms with Crippen LogP contribution >= 0.6 is 0 Å². The van der Waals surface area contributed by atoms with Gasteiger partial charge in [-0.05, 0) is 54.8 Å². The van der Waals surface area contributed by atoms with Crippen LogP contribution in [0.25, 0.3) is 0 Å². The van der Waals surface area contributed by atoms with Gasteiger partial charge in [-0.1, -0.05) is 30.3 Å². The van der Waals surface area contributed by atoms with Crippen LogP contribution < -0.4 is 15.0 Å². The summed E-state index contributed by atoms with van der Waals surface area (Å²) < 4.78 is 28.9. The molecule has 1 amide bonds. The van der Waals surface area contributed by atoms with Gasteiger partial charge in [-0.15, -0.1) is 0 Å². The molecule has 7 heteroatoms. The number of para-hydroxylation sites is 1. The predicted octanol–water partition coefficient (Wildman–Crippen LogP) is 5.06. The number of aromatic nitrogens is 1. The second-order valence-corrected chi connectivity index (χ2v) is 7.08. The molecule has 2 heterocycles. The lowest BCUT2D eigenvalue weighted by Crippen LogP contribution is -2.29. The Morgan fingerprint density at radius 3 is 2.57 bits per heavy atom. The second-order valence-electron chi connectivity index (χ2n) is 7.08. The van der Waals surface area contributed by atoms with Gasteiger partial charge in [0.2, 0.25) is 0 Å². The van der Waals surface area contributed by atoms with E-state index in [1.165, 1.54) is 17.7 Å². The fourth-order valence-corrected chi connectivity index (χ4v) is 3.55. The molecule has 0 bridgehead atoms. The van der Waals surface area contributed by atoms with E-state index in [9.17, 15) is 13.6 Å². The summed E-state index contributed by atoms with van der Waals surface area (Å²) in [5.74, 6) is 0.667. The number of hydrogen-bond donors (Lipinski definition) is 1. The second kappa shape index (κ2) is 8.49. The van der Waals surface area contributed by atoms with Crippen LogP contribution in [0.5, 0.6) is 5.75 Å². The zero-order chi connectivity index (χ0) is 21.1. The van der Waals surface area contributed by atoms with Crippen molar-refractivity contribution in [1.29, 1.82) is 0 Å². The minimum Gasteiger partial charge on any atom is -0.435 e. The zero-order valence-corrected chi connectivity index (χ0v) is 16.4. The number of amides is 1. The van der Waals surface area contributed by atoms with Crippen LogP contribution in [0.15, 0.2) is 66.9 Å². The van der Waals surface area contributed by atoms with Gasteiger partial charge in [0.25, 0.3) is 5.91 Å². The summed E-state index contributed by atoms with van der Waals surface area (Å²) in [5, 5.41) is 3.24. The lowest BCUT2D eigenvalue weighted by atomic mass is 10.1. The molecule has 1 N–H and O–H groups in total. The van der Waals surface area contributed by atoms with Gasteiger partial charge >= 0.3 is 6.61 Å². The van der Waals surface area contributed by atoms with Crippen LogP contribution in [-0.4, -0.2) is 24.0 Å². The molecule has 0 spiro atoms. The SMILES string of the molecule is CC(Nc1ccc(C(=O)N2CCc3ccccc32)cn1)c1ccc(OC(F)F)cc1. The topological polar surface area (TPSA) is 54.5 Å². The van der Waals surface area contributed by atoms with Crippen molar-refractivity contribution in [2.24, 2.45) is 0 Å². The molecule has 1 aliphatic rings. The van der Waals surface area contributed by atoms with E-state index < -0.39 is 6.61 Å². The first kappa shape index (κ1) is 19.8. The fraction of sp³-hybridized carbons (Fsp3) is 0.217. The van der Waals surface area contributed by atoms with Gasteiger partial charge in [0.1, 0.15) is 11.6 Å². The molecule has 1 atom stereocenters. The number of alkyl halides is 2. The van der Waals surface area contributed by atoms with E-state index in [1.807, 2.05) is 31.2 Å². The van der Waals surface area contributed by atoms with Gasteiger partial charge in [-0.25, -0.2) is 4.98 Å². The zero-order valence-electron chi connectivity index (χ0n) is 16.4. The molecule has 154 valence electrons. The van der Waals surface area contributed by atoms with Crippen molar-refractivity contribution >= 4 is 17.4 Å². The van der Waals surface area contributed by atoms with E-state index >= 15 is 0 Å². The van der Waals surface area contributed by atoms with Gasteiger partial charge < -0.3 is 15.0 Å². The normalized spacial score (nSPS) is 13.8. The Hall–Kier alpha value is -3.48. The summed E-state index contributed by atoms with van der Waals surface area (Å²) in [5.41, 5.74) is 3.55. The number of carbonyl (C=O) groups excluding carboxylic acids is 1. The summed E-state index contributed by atoms with van der Waals surface area (Å²) in [4.78, 5) is 19.0. The molecular weight excluding hydrogens is 388 g/mol. The van der Waals surface area contributed by atoms with Crippen LogP contribution in [-0.2, 0) is 6.42 Å². The average Bonchev–Trinajstić information content (AvgIpc) is 3.18. The molecule has 0 radical (unpaired) electrons. The molecule has 4 rings (SSSR count). The van der Waals surface area contributed by atoms with Crippen LogP contribution in [0, 0.1) is 0 Å². The van der Waals surface area contributed by atoms with E-state index in [1.54, 1.807) is 35.4 Å². The first-order valence-electron chi connectivity index (χ1n) is 9.68. The van der Waals surface area contributed by atoms with Crippen LogP contribution in [0.3, 0.4) is 0 Å². The van der Waals surface area contributed by atoms with E-state index in [0.717, 1.165) is 17.7 Å². The average molecular weight is 409 g/mol. The molecule has 2 aromatic carbocycles. The number of halogens is 2. The number of fused-ring (bicyclic) bond motifs is 1. The summed E-state index contributed by atoms with van der Waals surface area (Å²) >= 11 is 0. The highest BCUT2D eigenvalue weighted by atomic mass is 19.3. The highest BCUT2D eigenvalue weighted by Gasteiger charge is 2.25. The van der Waals surface area contributed by atoms with Gasteiger partial charge in [-0.2, -0.15) is 8.78 Å². The predicted molar refractivity (Wildman–Crippen MR) is 111 cm³/mol. The van der Waals surface area contributed by atoms with Crippen molar-refractivity contribution < 1.29 is 18.3 Å². The third-order valence-electron chi connectivity index (χ3n) is 5.11. The number of benzene rings is 2. The molecule has 1 aromatic heterocycles. The number of anilines is 2. The summed E-state index contributed by atoms with van der Waals surface area (Å²) in [7, 11) is 0. The first-order chi connectivity index (χ1) is 14.5. The van der Waals surface area contributed by atoms with Crippen molar-refractivity contribution in [1.82, 2.24) is 4.98 Å². The Kier molecular flexibility index (Phi) is 5.61. The van der Waals surface area contributed by atoms with Gasteiger partial charge in [0.15, 0.2) is 0 Å². The van der Waals surface area contributed by atoms with E-state index in [4.69, 9.17) is 0 Å². The molecule has 0 saturated heterocycles. The Bertz CT molecular complexity index is 1020. The van der Waals surface area contributed by atoms with Crippen LogP contribution in [0.2, 0.25) is 0 Å². The molecule has 3 aromatic rings. The molecule has 0 aliphatic carbocycles. The largest absolute Gasteiger partial charge is 0.435 e. The fourth-order valence-electron chi connectivity index (χ4n) is 3.55. The third-order valence-corrected chi connectivity index (χ3v) is 5.11. The Morgan fingerprint density at radius 1 is 1.10 bits per heavy atom. The van der Waals surface area contributed by atoms with Crippen molar-refractivity contribution in [3.05, 3.63) is 83.6 Å². The van der Waals surface area contributed by atoms with Crippen molar-refractivity contribution in [3.63, 3.8) is 0 Å². The number of hydrogen-bond acceptors (Lipinski definition) is 4. The highest BCUT2D eigenvalue weighted by molar-refractivity contribution is 6.07. The van der Waals surface area contributed by atoms with Gasteiger partial charge in [-0.3, -0.25) is 4.79 Å². The Labute approximate surface area is 173 Å². The number of nitrogens with one attached hydrogen (secondary N) is 1. The number of nitrogens with zero attached hydrogens (tertiary/aromatic N) is 2. The molecule has 1 aliphatic heterocycles. The molecule has 5 nitrogen and oxygen atoms in total. The van der Waals surface area contributed by atoms with Crippen LogP contribution in [0.1, 0.15) is 34.5 Å². The molecule has 1 unspecified atom stereocenters. The monoisotopic (exact) mass is 409 g/mol. The van der Waals surface area contributed by atoms with Crippen molar-refractivity contribution in [3.8, 4) is 5.75 Å². The molecule has 0 saturated carbocycles. The third kappa shape index (κ3) is 4.25. The lowest BCUT2D eigenvalue weighted by molar-refractivity contribution is -0.0498. The van der Waals surface area contributed by atoms with Gasteiger partial charge in [0, 0.05) is 24.5 Å². The number of carbonyl (C=O) groups is 1. The minimum atomic E-state index is -2.84. The standard InChI is InChI=1S/C23H21F2N3O2/c1-15(16-6-9-19(10-7-16)30-23(24)25)27-21-11-8-18(14-26-21)22(29)28-13-12-17-4-2-3-5-20(17)28/h2-11,14-15,23H,12-13H2,1H3,(H,26,27). The molecule has 0 fully saturated rings. The number of rotatable bonds is 6. The van der Waals surface area contributed by atoms with Crippen molar-refractivity contribution in [2.75, 3.05) is 16.8 Å². The smallest absolute Gasteiger partial charge is 0.387 e. The Balaban J connectivity index is 1.41.